The topological polar surface area (TPSA) is 93.4 Å². The number of carbonyl (C=O) groups is 1. The van der Waals surface area contributed by atoms with E-state index in [1.807, 2.05) is 18.2 Å². The summed E-state index contributed by atoms with van der Waals surface area (Å²) < 4.78 is 37.6. The number of nitrogens with two attached hydrogens (primary N) is 1. The summed E-state index contributed by atoms with van der Waals surface area (Å²) in [5.41, 5.74) is 4.61. The van der Waals surface area contributed by atoms with Gasteiger partial charge in [-0.3, -0.25) is 9.78 Å². The van der Waals surface area contributed by atoms with Gasteiger partial charge in [-0.25, -0.2) is 17.9 Å². The molecule has 6 nitrogen and oxygen atoms in total. The number of hydrogen-bond donors (Lipinski definition) is 1. The van der Waals surface area contributed by atoms with Crippen LogP contribution in [-0.4, -0.2) is 25.9 Å². The molecule has 2 heterocycles. The van der Waals surface area contributed by atoms with Gasteiger partial charge in [-0.2, -0.15) is 0 Å². The summed E-state index contributed by atoms with van der Waals surface area (Å²) in [6, 6.07) is 13.3. The first-order valence-corrected chi connectivity index (χ1v) is 11.6. The summed E-state index contributed by atoms with van der Waals surface area (Å²) in [5.74, 6) is -0.664. The second-order valence-electron chi connectivity index (χ2n) is 8.00. The number of amides is 1. The molecule has 8 heteroatoms. The lowest BCUT2D eigenvalue weighted by Gasteiger charge is -2.21. The van der Waals surface area contributed by atoms with Crippen molar-refractivity contribution in [2.75, 3.05) is 11.4 Å². The van der Waals surface area contributed by atoms with Crippen LogP contribution in [-0.2, 0) is 34.1 Å². The molecule has 1 aromatic heterocycles. The van der Waals surface area contributed by atoms with Crippen LogP contribution < -0.4 is 10.0 Å². The lowest BCUT2D eigenvalue weighted by Crippen LogP contribution is -2.35. The quantitative estimate of drug-likeness (QED) is 0.682. The van der Waals surface area contributed by atoms with E-state index in [9.17, 15) is 17.6 Å². The second-order valence-corrected chi connectivity index (χ2v) is 9.56. The van der Waals surface area contributed by atoms with Gasteiger partial charge in [0.05, 0.1) is 4.90 Å². The van der Waals surface area contributed by atoms with Crippen LogP contribution >= 0.6 is 0 Å². The van der Waals surface area contributed by atoms with E-state index in [0.717, 1.165) is 16.7 Å². The number of anilines is 1. The van der Waals surface area contributed by atoms with Crippen molar-refractivity contribution in [3.05, 3.63) is 77.2 Å². The van der Waals surface area contributed by atoms with Gasteiger partial charge in [0, 0.05) is 29.9 Å². The molecular formula is C23H20FN3O3S. The van der Waals surface area contributed by atoms with Crippen LogP contribution in [0.25, 0.3) is 11.3 Å². The molecule has 0 radical (unpaired) electrons. The first-order valence-electron chi connectivity index (χ1n) is 10.0. The molecule has 0 saturated carbocycles. The predicted octanol–water partition coefficient (Wildman–Crippen LogP) is 2.84. The normalized spacial score (nSPS) is 17.5. The zero-order valence-electron chi connectivity index (χ0n) is 16.6. The number of nitrogens with zero attached hydrogens (tertiary/aromatic N) is 2. The zero-order valence-corrected chi connectivity index (χ0v) is 17.4. The first-order chi connectivity index (χ1) is 14.8. The maximum atomic E-state index is 14.1. The molecule has 1 aliphatic carbocycles. The number of halogens is 1. The van der Waals surface area contributed by atoms with Gasteiger partial charge < -0.3 is 4.90 Å². The minimum absolute atomic E-state index is 0.00249. The van der Waals surface area contributed by atoms with E-state index in [-0.39, 0.29) is 22.5 Å². The number of pyridine rings is 1. The molecule has 0 bridgehead atoms. The van der Waals surface area contributed by atoms with Gasteiger partial charge in [0.2, 0.25) is 15.9 Å². The highest BCUT2D eigenvalue weighted by molar-refractivity contribution is 7.89. The number of primary sulfonamides is 1. The van der Waals surface area contributed by atoms with Gasteiger partial charge >= 0.3 is 0 Å². The van der Waals surface area contributed by atoms with Crippen LogP contribution in [0.2, 0.25) is 0 Å². The number of aromatic nitrogens is 1. The Morgan fingerprint density at radius 1 is 1.06 bits per heavy atom. The Hall–Kier alpha value is -3.10. The van der Waals surface area contributed by atoms with Crippen molar-refractivity contribution < 1.29 is 17.6 Å². The SMILES string of the molecule is NS(=O)(=O)c1ccc2c(c1)N(C(=O)C1Cc3ccc(-c4ncccc4F)cc3C1)CC2. The van der Waals surface area contributed by atoms with E-state index in [4.69, 9.17) is 5.14 Å². The largest absolute Gasteiger partial charge is 0.312 e. The molecule has 3 aromatic rings. The fraction of sp³-hybridized carbons (Fsp3) is 0.217. The number of rotatable bonds is 3. The first kappa shape index (κ1) is 19.8. The lowest BCUT2D eigenvalue weighted by atomic mass is 10.0. The van der Waals surface area contributed by atoms with E-state index in [2.05, 4.69) is 4.98 Å². The van der Waals surface area contributed by atoms with Crippen LogP contribution in [0.5, 0.6) is 0 Å². The van der Waals surface area contributed by atoms with E-state index in [1.54, 1.807) is 23.2 Å². The third kappa shape index (κ3) is 3.51. The van der Waals surface area contributed by atoms with Crippen LogP contribution in [0.3, 0.4) is 0 Å². The Morgan fingerprint density at radius 2 is 1.84 bits per heavy atom. The van der Waals surface area contributed by atoms with Gasteiger partial charge in [0.25, 0.3) is 0 Å². The Morgan fingerprint density at radius 3 is 2.61 bits per heavy atom. The van der Waals surface area contributed by atoms with Crippen LogP contribution in [0.4, 0.5) is 10.1 Å². The number of benzene rings is 2. The lowest BCUT2D eigenvalue weighted by molar-refractivity contribution is -0.122. The molecule has 1 unspecified atom stereocenters. The summed E-state index contributed by atoms with van der Waals surface area (Å²) in [6.45, 7) is 0.513. The Balaban J connectivity index is 1.40. The van der Waals surface area contributed by atoms with Crippen molar-refractivity contribution in [1.82, 2.24) is 4.98 Å². The van der Waals surface area contributed by atoms with Gasteiger partial charge in [0.1, 0.15) is 11.5 Å². The van der Waals surface area contributed by atoms with E-state index in [1.165, 1.54) is 18.2 Å². The molecule has 0 fully saturated rings. The van der Waals surface area contributed by atoms with Crippen molar-refractivity contribution in [1.29, 1.82) is 0 Å². The highest BCUT2D eigenvalue weighted by Gasteiger charge is 2.34. The average molecular weight is 437 g/mol. The van der Waals surface area contributed by atoms with E-state index < -0.39 is 10.0 Å². The minimum atomic E-state index is -3.85. The number of carbonyl (C=O) groups excluding carboxylic acids is 1. The highest BCUT2D eigenvalue weighted by Crippen LogP contribution is 2.36. The molecule has 158 valence electrons. The van der Waals surface area contributed by atoms with Crippen molar-refractivity contribution in [2.45, 2.75) is 24.2 Å². The fourth-order valence-corrected chi connectivity index (χ4v) is 5.06. The standard InChI is InChI=1S/C23H20FN3O3S/c24-20-2-1-8-26-22(20)16-4-3-15-10-18(12-17(15)11-16)23(28)27-9-7-14-5-6-19(13-21(14)27)31(25,29)30/h1-6,8,11,13,18H,7,9-10,12H2,(H2,25,29,30). The molecule has 0 saturated heterocycles. The smallest absolute Gasteiger partial charge is 0.238 e. The van der Waals surface area contributed by atoms with Crippen molar-refractivity contribution >= 4 is 21.6 Å². The van der Waals surface area contributed by atoms with Gasteiger partial charge in [-0.1, -0.05) is 18.2 Å². The molecule has 1 aliphatic heterocycles. The van der Waals surface area contributed by atoms with Crippen LogP contribution in [0.15, 0.2) is 59.6 Å². The highest BCUT2D eigenvalue weighted by atomic mass is 32.2. The summed E-state index contributed by atoms with van der Waals surface area (Å²) in [6.07, 6.45) is 3.38. The second kappa shape index (κ2) is 7.25. The molecule has 1 amide bonds. The zero-order chi connectivity index (χ0) is 21.8. The summed E-state index contributed by atoms with van der Waals surface area (Å²) in [5, 5.41) is 5.26. The van der Waals surface area contributed by atoms with Crippen LogP contribution in [0.1, 0.15) is 16.7 Å². The monoisotopic (exact) mass is 437 g/mol. The fourth-order valence-electron chi connectivity index (χ4n) is 4.52. The molecular weight excluding hydrogens is 417 g/mol. The number of hydrogen-bond acceptors (Lipinski definition) is 4. The molecule has 2 N–H and O–H groups in total. The maximum absolute atomic E-state index is 14.1. The maximum Gasteiger partial charge on any atom is 0.238 e. The third-order valence-electron chi connectivity index (χ3n) is 6.07. The van der Waals surface area contributed by atoms with Crippen LogP contribution in [0, 0.1) is 11.7 Å². The predicted molar refractivity (Wildman–Crippen MR) is 114 cm³/mol. The van der Waals surface area contributed by atoms with Crippen molar-refractivity contribution in [3.8, 4) is 11.3 Å². The molecule has 2 aromatic carbocycles. The van der Waals surface area contributed by atoms with Gasteiger partial charge in [0.15, 0.2) is 0 Å². The molecule has 31 heavy (non-hydrogen) atoms. The van der Waals surface area contributed by atoms with E-state index >= 15 is 0 Å². The van der Waals surface area contributed by atoms with Crippen molar-refractivity contribution in [2.24, 2.45) is 11.1 Å². The molecule has 2 aliphatic rings. The summed E-state index contributed by atoms with van der Waals surface area (Å²) in [4.78, 5) is 19.1. The summed E-state index contributed by atoms with van der Waals surface area (Å²) in [7, 11) is -3.85. The Bertz CT molecular complexity index is 1320. The van der Waals surface area contributed by atoms with Gasteiger partial charge in [-0.15, -0.1) is 0 Å². The number of fused-ring (bicyclic) bond motifs is 2. The van der Waals surface area contributed by atoms with E-state index in [0.29, 0.717) is 42.8 Å². The number of sulfonamides is 1. The Kier molecular flexibility index (Phi) is 4.64. The molecule has 1 atom stereocenters. The minimum Gasteiger partial charge on any atom is -0.312 e. The molecule has 0 spiro atoms. The molecule has 5 rings (SSSR count). The summed E-state index contributed by atoms with van der Waals surface area (Å²) >= 11 is 0. The Labute approximate surface area is 179 Å². The van der Waals surface area contributed by atoms with Gasteiger partial charge in [-0.05, 0) is 66.3 Å². The third-order valence-corrected chi connectivity index (χ3v) is 6.98. The van der Waals surface area contributed by atoms with Crippen molar-refractivity contribution in [3.63, 3.8) is 0 Å². The average Bonchev–Trinajstić information content (AvgIpc) is 3.36.